The Labute approximate surface area is 108 Å². The molecule has 7 heteroatoms. The van der Waals surface area contributed by atoms with Crippen LogP contribution in [0.15, 0.2) is 17.6 Å². The molecule has 0 unspecified atom stereocenters. The molecule has 1 aromatic heterocycles. The number of sulfonamides is 1. The average molecular weight is 272 g/mol. The molecule has 0 atom stereocenters. The molecule has 0 amide bonds. The molecule has 1 aromatic rings. The molecule has 0 radical (unpaired) electrons. The van der Waals surface area contributed by atoms with Gasteiger partial charge >= 0.3 is 0 Å². The molecule has 0 aliphatic carbocycles. The maximum Gasteiger partial charge on any atom is 0.262 e. The van der Waals surface area contributed by atoms with Crippen molar-refractivity contribution in [3.05, 3.63) is 12.5 Å². The van der Waals surface area contributed by atoms with E-state index in [0.717, 1.165) is 0 Å². The lowest BCUT2D eigenvalue weighted by Gasteiger charge is -2.48. The Morgan fingerprint density at radius 2 is 2.11 bits per heavy atom. The zero-order valence-corrected chi connectivity index (χ0v) is 11.8. The quantitative estimate of drug-likeness (QED) is 0.852. The van der Waals surface area contributed by atoms with Crippen LogP contribution in [-0.2, 0) is 16.6 Å². The van der Waals surface area contributed by atoms with Gasteiger partial charge in [0.2, 0.25) is 0 Å². The summed E-state index contributed by atoms with van der Waals surface area (Å²) in [6.45, 7) is 7.39. The minimum absolute atomic E-state index is 0.107. The van der Waals surface area contributed by atoms with E-state index >= 15 is 0 Å². The predicted octanol–water partition coefficient (Wildman–Crippen LogP) is 0.261. The summed E-state index contributed by atoms with van der Waals surface area (Å²) >= 11 is 0. The van der Waals surface area contributed by atoms with Gasteiger partial charge in [0, 0.05) is 31.4 Å². The maximum atomic E-state index is 12.2. The highest BCUT2D eigenvalue weighted by molar-refractivity contribution is 7.89. The molecule has 0 spiro atoms. The number of hydrogen-bond donors (Lipinski definition) is 1. The zero-order valence-electron chi connectivity index (χ0n) is 11.0. The van der Waals surface area contributed by atoms with Crippen LogP contribution in [0.25, 0.3) is 0 Å². The first-order valence-corrected chi connectivity index (χ1v) is 7.54. The van der Waals surface area contributed by atoms with Crippen molar-refractivity contribution in [2.75, 3.05) is 13.1 Å². The van der Waals surface area contributed by atoms with Crippen LogP contribution < -0.4 is 5.73 Å². The summed E-state index contributed by atoms with van der Waals surface area (Å²) in [6, 6.07) is 0. The first kappa shape index (κ1) is 13.5. The number of aryl methyl sites for hydroxylation is 1. The van der Waals surface area contributed by atoms with Crippen molar-refractivity contribution in [2.24, 2.45) is 11.7 Å². The van der Waals surface area contributed by atoms with Gasteiger partial charge in [-0.3, -0.25) is 0 Å². The van der Waals surface area contributed by atoms with Gasteiger partial charge in [-0.05, 0) is 12.8 Å². The Hall–Kier alpha value is -0.920. The minimum Gasteiger partial charge on any atom is -0.336 e. The molecule has 1 fully saturated rings. The fourth-order valence-electron chi connectivity index (χ4n) is 1.92. The van der Waals surface area contributed by atoms with Gasteiger partial charge in [0.15, 0.2) is 5.03 Å². The third-order valence-electron chi connectivity index (χ3n) is 3.67. The molecule has 2 heterocycles. The van der Waals surface area contributed by atoms with Gasteiger partial charge in [0.1, 0.15) is 0 Å². The van der Waals surface area contributed by atoms with Crippen molar-refractivity contribution in [2.45, 2.75) is 37.9 Å². The summed E-state index contributed by atoms with van der Waals surface area (Å²) in [5, 5.41) is 0.107. The largest absolute Gasteiger partial charge is 0.336 e. The number of nitrogens with zero attached hydrogens (tertiary/aromatic N) is 3. The van der Waals surface area contributed by atoms with Crippen LogP contribution in [0.4, 0.5) is 0 Å². The molecular weight excluding hydrogens is 252 g/mol. The molecule has 1 saturated heterocycles. The van der Waals surface area contributed by atoms with Gasteiger partial charge in [-0.1, -0.05) is 13.8 Å². The van der Waals surface area contributed by atoms with Crippen LogP contribution in [0.3, 0.4) is 0 Å². The molecule has 0 saturated carbocycles. The highest BCUT2D eigenvalue weighted by Crippen LogP contribution is 2.30. The summed E-state index contributed by atoms with van der Waals surface area (Å²) < 4.78 is 27.6. The Morgan fingerprint density at radius 3 is 2.56 bits per heavy atom. The maximum absolute atomic E-state index is 12.2. The van der Waals surface area contributed by atoms with E-state index in [1.807, 2.05) is 20.8 Å². The van der Waals surface area contributed by atoms with E-state index in [0.29, 0.717) is 19.6 Å². The van der Waals surface area contributed by atoms with E-state index in [-0.39, 0.29) is 10.9 Å². The van der Waals surface area contributed by atoms with Crippen LogP contribution in [0.5, 0.6) is 0 Å². The molecule has 0 aromatic carbocycles. The van der Waals surface area contributed by atoms with Crippen LogP contribution >= 0.6 is 0 Å². The number of rotatable bonds is 4. The van der Waals surface area contributed by atoms with Crippen molar-refractivity contribution >= 4 is 10.0 Å². The fraction of sp³-hybridized carbons (Fsp3) is 0.727. The van der Waals surface area contributed by atoms with Crippen LogP contribution in [0.1, 0.15) is 20.8 Å². The standard InChI is InChI=1S/C11H20N4O2S/c1-4-14-5-10(13-8-14)18(16,17)15-6-11(12,7-15)9(2)3/h5,8-9H,4,6-7,12H2,1-3H3. The van der Waals surface area contributed by atoms with Gasteiger partial charge < -0.3 is 10.3 Å². The number of imidazole rings is 1. The molecule has 1 aliphatic heterocycles. The van der Waals surface area contributed by atoms with Crippen molar-refractivity contribution in [3.63, 3.8) is 0 Å². The molecule has 2 rings (SSSR count). The Bertz CT molecular complexity index is 529. The third kappa shape index (κ3) is 2.06. The summed E-state index contributed by atoms with van der Waals surface area (Å²) in [6.07, 6.45) is 3.09. The second-order valence-electron chi connectivity index (χ2n) is 5.20. The van der Waals surface area contributed by atoms with E-state index in [1.54, 1.807) is 10.8 Å². The lowest BCUT2D eigenvalue weighted by Crippen LogP contribution is -2.70. The van der Waals surface area contributed by atoms with E-state index < -0.39 is 15.6 Å². The van der Waals surface area contributed by atoms with Crippen molar-refractivity contribution in [1.29, 1.82) is 0 Å². The SMILES string of the molecule is CCn1cnc(S(=O)(=O)N2CC(N)(C(C)C)C2)c1. The Kier molecular flexibility index (Phi) is 3.25. The van der Waals surface area contributed by atoms with Gasteiger partial charge in [-0.15, -0.1) is 0 Å². The van der Waals surface area contributed by atoms with Crippen LogP contribution in [-0.4, -0.2) is 40.9 Å². The van der Waals surface area contributed by atoms with Gasteiger partial charge in [-0.25, -0.2) is 13.4 Å². The lowest BCUT2D eigenvalue weighted by molar-refractivity contribution is 0.110. The van der Waals surface area contributed by atoms with Crippen LogP contribution in [0.2, 0.25) is 0 Å². The predicted molar refractivity (Wildman–Crippen MR) is 68.4 cm³/mol. The third-order valence-corrected chi connectivity index (χ3v) is 5.35. The zero-order chi connectivity index (χ0) is 13.6. The molecule has 2 N–H and O–H groups in total. The van der Waals surface area contributed by atoms with Gasteiger partial charge in [0.05, 0.1) is 6.33 Å². The molecule has 6 nitrogen and oxygen atoms in total. The van der Waals surface area contributed by atoms with E-state index in [4.69, 9.17) is 5.73 Å². The normalized spacial score (nSPS) is 20.1. The second kappa shape index (κ2) is 4.32. The van der Waals surface area contributed by atoms with E-state index in [9.17, 15) is 8.42 Å². The topological polar surface area (TPSA) is 81.2 Å². The minimum atomic E-state index is -3.47. The number of hydrogen-bond acceptors (Lipinski definition) is 4. The summed E-state index contributed by atoms with van der Waals surface area (Å²) in [7, 11) is -3.47. The summed E-state index contributed by atoms with van der Waals surface area (Å²) in [5.74, 6) is 0.261. The first-order valence-electron chi connectivity index (χ1n) is 6.10. The molecule has 0 bridgehead atoms. The fourth-order valence-corrected chi connectivity index (χ4v) is 3.46. The highest BCUT2D eigenvalue weighted by Gasteiger charge is 2.48. The van der Waals surface area contributed by atoms with Crippen molar-refractivity contribution in [1.82, 2.24) is 13.9 Å². The molecule has 102 valence electrons. The summed E-state index contributed by atoms with van der Waals surface area (Å²) in [5.41, 5.74) is 5.71. The summed E-state index contributed by atoms with van der Waals surface area (Å²) in [4.78, 5) is 3.95. The Morgan fingerprint density at radius 1 is 1.50 bits per heavy atom. The first-order chi connectivity index (χ1) is 8.29. The van der Waals surface area contributed by atoms with Crippen molar-refractivity contribution in [3.8, 4) is 0 Å². The molecule has 18 heavy (non-hydrogen) atoms. The van der Waals surface area contributed by atoms with E-state index in [2.05, 4.69) is 4.98 Å². The van der Waals surface area contributed by atoms with Gasteiger partial charge in [-0.2, -0.15) is 4.31 Å². The Balaban J connectivity index is 2.15. The molecule has 1 aliphatic rings. The van der Waals surface area contributed by atoms with E-state index in [1.165, 1.54) is 10.6 Å². The average Bonchev–Trinajstić information content (AvgIpc) is 2.73. The van der Waals surface area contributed by atoms with Gasteiger partial charge in [0.25, 0.3) is 10.0 Å². The number of nitrogens with two attached hydrogens (primary N) is 1. The van der Waals surface area contributed by atoms with Crippen molar-refractivity contribution < 1.29 is 8.42 Å². The smallest absolute Gasteiger partial charge is 0.262 e. The molecular formula is C11H20N4O2S. The van der Waals surface area contributed by atoms with Crippen LogP contribution in [0, 0.1) is 5.92 Å². The number of aromatic nitrogens is 2. The highest BCUT2D eigenvalue weighted by atomic mass is 32.2. The second-order valence-corrected chi connectivity index (χ2v) is 7.09. The monoisotopic (exact) mass is 272 g/mol. The lowest BCUT2D eigenvalue weighted by atomic mass is 9.82.